The fourth-order valence-corrected chi connectivity index (χ4v) is 1.68. The van der Waals surface area contributed by atoms with Crippen molar-refractivity contribution < 1.29 is 13.6 Å². The number of Topliss-reactive ketones (excluding diaryl/α,β-unsaturated/α-hetero) is 1. The molecule has 0 atom stereocenters. The van der Waals surface area contributed by atoms with Gasteiger partial charge in [-0.1, -0.05) is 18.3 Å². The van der Waals surface area contributed by atoms with Crippen LogP contribution in [0.25, 0.3) is 0 Å². The van der Waals surface area contributed by atoms with Gasteiger partial charge in [-0.05, 0) is 6.42 Å². The van der Waals surface area contributed by atoms with E-state index in [4.69, 9.17) is 5.73 Å². The van der Waals surface area contributed by atoms with Gasteiger partial charge in [0.25, 0.3) is 5.78 Å². The normalized spacial score (nSPS) is 10.8. The molecule has 0 aliphatic carbocycles. The largest absolute Gasteiger partial charge is 0.389 e. The van der Waals surface area contributed by atoms with Crippen LogP contribution >= 0.6 is 11.3 Å². The molecule has 0 unspecified atom stereocenters. The SMILES string of the molecule is CCc1nc(C(=O)C(F)F)sc1N. The van der Waals surface area contributed by atoms with Crippen molar-refractivity contribution >= 4 is 22.1 Å². The molecule has 72 valence electrons. The smallest absolute Gasteiger partial charge is 0.303 e. The van der Waals surface area contributed by atoms with Gasteiger partial charge in [-0.25, -0.2) is 13.8 Å². The highest BCUT2D eigenvalue weighted by molar-refractivity contribution is 7.17. The van der Waals surface area contributed by atoms with Crippen LogP contribution in [0.15, 0.2) is 0 Å². The maximum absolute atomic E-state index is 11.9. The zero-order chi connectivity index (χ0) is 10.0. The standard InChI is InChI=1S/C7H8F2N2OS/c1-2-3-6(10)13-7(11-3)4(12)5(8)9/h5H,2,10H2,1H3. The number of carbonyl (C=O) groups is 1. The van der Waals surface area contributed by atoms with E-state index in [0.29, 0.717) is 17.1 Å². The van der Waals surface area contributed by atoms with Crippen LogP contribution < -0.4 is 5.73 Å². The molecule has 0 aliphatic heterocycles. The molecule has 0 aromatic carbocycles. The number of hydrogen-bond donors (Lipinski definition) is 1. The first-order valence-corrected chi connectivity index (χ1v) is 4.45. The summed E-state index contributed by atoms with van der Waals surface area (Å²) in [4.78, 5) is 14.5. The number of anilines is 1. The second kappa shape index (κ2) is 3.78. The number of nitrogen functional groups attached to an aromatic ring is 1. The van der Waals surface area contributed by atoms with Crippen molar-refractivity contribution in [3.8, 4) is 0 Å². The molecule has 1 rings (SSSR count). The number of halogens is 2. The molecule has 0 aliphatic rings. The van der Waals surface area contributed by atoms with Gasteiger partial charge in [0.1, 0.15) is 5.00 Å². The van der Waals surface area contributed by atoms with Crippen molar-refractivity contribution in [2.75, 3.05) is 5.73 Å². The van der Waals surface area contributed by atoms with E-state index in [2.05, 4.69) is 4.98 Å². The molecule has 0 spiro atoms. The molecule has 0 saturated heterocycles. The summed E-state index contributed by atoms with van der Waals surface area (Å²) in [6.45, 7) is 1.79. The number of alkyl halides is 2. The van der Waals surface area contributed by atoms with E-state index in [0.717, 1.165) is 11.3 Å². The Balaban J connectivity index is 2.97. The van der Waals surface area contributed by atoms with Gasteiger partial charge in [-0.3, -0.25) is 4.79 Å². The van der Waals surface area contributed by atoms with Gasteiger partial charge in [0.05, 0.1) is 5.69 Å². The van der Waals surface area contributed by atoms with E-state index in [-0.39, 0.29) is 5.01 Å². The summed E-state index contributed by atoms with van der Waals surface area (Å²) in [5, 5.41) is 0.135. The zero-order valence-electron chi connectivity index (χ0n) is 6.88. The van der Waals surface area contributed by atoms with E-state index < -0.39 is 12.2 Å². The quantitative estimate of drug-likeness (QED) is 0.766. The summed E-state index contributed by atoms with van der Waals surface area (Å²) in [6.07, 6.45) is -2.46. The van der Waals surface area contributed by atoms with Crippen molar-refractivity contribution in [2.45, 2.75) is 19.8 Å². The third kappa shape index (κ3) is 2.00. The molecule has 3 nitrogen and oxygen atoms in total. The number of ketones is 1. The second-order valence-corrected chi connectivity index (χ2v) is 3.38. The molecule has 1 aromatic rings. The topological polar surface area (TPSA) is 56.0 Å². The van der Waals surface area contributed by atoms with Crippen molar-refractivity contribution in [3.05, 3.63) is 10.7 Å². The van der Waals surface area contributed by atoms with Crippen LogP contribution in [-0.2, 0) is 6.42 Å². The molecular weight excluding hydrogens is 198 g/mol. The average Bonchev–Trinajstić information content (AvgIpc) is 2.45. The summed E-state index contributed by atoms with van der Waals surface area (Å²) < 4.78 is 23.9. The first-order valence-electron chi connectivity index (χ1n) is 3.63. The summed E-state index contributed by atoms with van der Waals surface area (Å²) >= 11 is 0.812. The fraction of sp³-hybridized carbons (Fsp3) is 0.429. The van der Waals surface area contributed by atoms with Crippen LogP contribution in [0.2, 0.25) is 0 Å². The van der Waals surface area contributed by atoms with Crippen LogP contribution in [0.3, 0.4) is 0 Å². The lowest BCUT2D eigenvalue weighted by Gasteiger charge is -1.91. The van der Waals surface area contributed by atoms with Crippen molar-refractivity contribution in [1.29, 1.82) is 0 Å². The minimum Gasteiger partial charge on any atom is -0.389 e. The van der Waals surface area contributed by atoms with Crippen LogP contribution in [-0.4, -0.2) is 17.2 Å². The monoisotopic (exact) mass is 206 g/mol. The summed E-state index contributed by atoms with van der Waals surface area (Å²) in [6, 6.07) is 0. The van der Waals surface area contributed by atoms with Crippen molar-refractivity contribution in [2.24, 2.45) is 0 Å². The van der Waals surface area contributed by atoms with Crippen molar-refractivity contribution in [3.63, 3.8) is 0 Å². The van der Waals surface area contributed by atoms with E-state index in [1.807, 2.05) is 0 Å². The second-order valence-electron chi connectivity index (χ2n) is 2.35. The van der Waals surface area contributed by atoms with E-state index in [1.54, 1.807) is 6.92 Å². The number of aryl methyl sites for hydroxylation is 1. The Morgan fingerprint density at radius 2 is 2.31 bits per heavy atom. The summed E-state index contributed by atoms with van der Waals surface area (Å²) in [5.74, 6) is -1.25. The third-order valence-electron chi connectivity index (χ3n) is 1.47. The van der Waals surface area contributed by atoms with Crippen LogP contribution in [0.1, 0.15) is 22.4 Å². The van der Waals surface area contributed by atoms with Crippen LogP contribution in [0.4, 0.5) is 13.8 Å². The molecule has 0 fully saturated rings. The highest BCUT2D eigenvalue weighted by Gasteiger charge is 2.22. The van der Waals surface area contributed by atoms with E-state index in [1.165, 1.54) is 0 Å². The fourth-order valence-electron chi connectivity index (χ4n) is 0.816. The minimum atomic E-state index is -3.00. The van der Waals surface area contributed by atoms with Crippen LogP contribution in [0.5, 0.6) is 0 Å². The number of hydrogen-bond acceptors (Lipinski definition) is 4. The number of carbonyl (C=O) groups excluding carboxylic acids is 1. The molecule has 0 radical (unpaired) electrons. The van der Waals surface area contributed by atoms with Gasteiger partial charge in [0.15, 0.2) is 5.01 Å². The van der Waals surface area contributed by atoms with E-state index in [9.17, 15) is 13.6 Å². The van der Waals surface area contributed by atoms with Gasteiger partial charge in [-0.15, -0.1) is 0 Å². The van der Waals surface area contributed by atoms with Gasteiger partial charge >= 0.3 is 6.43 Å². The first kappa shape index (κ1) is 10.0. The number of nitrogens with zero attached hydrogens (tertiary/aromatic N) is 1. The molecule has 2 N–H and O–H groups in total. The number of nitrogens with two attached hydrogens (primary N) is 1. The third-order valence-corrected chi connectivity index (χ3v) is 2.41. The number of aromatic nitrogens is 1. The van der Waals surface area contributed by atoms with Gasteiger partial charge in [0.2, 0.25) is 0 Å². The predicted octanol–water partition coefficient (Wildman–Crippen LogP) is 1.74. The highest BCUT2D eigenvalue weighted by atomic mass is 32.1. The first-order chi connectivity index (χ1) is 6.06. The minimum absolute atomic E-state index is 0.204. The Kier molecular flexibility index (Phi) is 2.92. The molecule has 0 saturated carbocycles. The molecule has 1 heterocycles. The lowest BCUT2D eigenvalue weighted by atomic mass is 10.3. The number of thiazole rings is 1. The lowest BCUT2D eigenvalue weighted by molar-refractivity contribution is 0.0678. The Morgan fingerprint density at radius 1 is 1.69 bits per heavy atom. The van der Waals surface area contributed by atoms with Gasteiger partial charge in [0, 0.05) is 0 Å². The molecule has 1 aromatic heterocycles. The predicted molar refractivity (Wildman–Crippen MR) is 46.2 cm³/mol. The van der Waals surface area contributed by atoms with Crippen molar-refractivity contribution in [1.82, 2.24) is 4.98 Å². The average molecular weight is 206 g/mol. The molecular formula is C7H8F2N2OS. The Morgan fingerprint density at radius 3 is 2.69 bits per heavy atom. The Labute approximate surface area is 77.6 Å². The summed E-state index contributed by atoms with van der Waals surface area (Å²) in [5.41, 5.74) is 5.96. The Bertz CT molecular complexity index is 324. The Hall–Kier alpha value is -1.04. The molecule has 13 heavy (non-hydrogen) atoms. The van der Waals surface area contributed by atoms with E-state index >= 15 is 0 Å². The van der Waals surface area contributed by atoms with Crippen LogP contribution in [0, 0.1) is 0 Å². The maximum atomic E-state index is 11.9. The summed E-state index contributed by atoms with van der Waals surface area (Å²) in [7, 11) is 0. The maximum Gasteiger partial charge on any atom is 0.303 e. The zero-order valence-corrected chi connectivity index (χ0v) is 7.70. The number of rotatable bonds is 3. The molecule has 0 amide bonds. The molecule has 6 heteroatoms. The highest BCUT2D eigenvalue weighted by Crippen LogP contribution is 2.23. The lowest BCUT2D eigenvalue weighted by Crippen LogP contribution is -2.09. The molecule has 0 bridgehead atoms. The van der Waals surface area contributed by atoms with Gasteiger partial charge in [-0.2, -0.15) is 0 Å². The van der Waals surface area contributed by atoms with Gasteiger partial charge < -0.3 is 5.73 Å².